The molecule has 0 atom stereocenters. The number of allylic oxidation sites excluding steroid dienone is 4. The summed E-state index contributed by atoms with van der Waals surface area (Å²) in [5.74, 6) is 0. The molecule has 0 N–H and O–H groups in total. The van der Waals surface area contributed by atoms with Gasteiger partial charge in [0.1, 0.15) is 0 Å². The zero-order valence-corrected chi connectivity index (χ0v) is 6.65. The Labute approximate surface area is 58.3 Å². The summed E-state index contributed by atoms with van der Waals surface area (Å²) in [6.45, 7) is 6.34. The lowest BCUT2D eigenvalue weighted by molar-refractivity contribution is 0.924. The topological polar surface area (TPSA) is 0 Å². The molecule has 0 fully saturated rings. The minimum absolute atomic E-state index is 1.21. The van der Waals surface area contributed by atoms with E-state index in [2.05, 4.69) is 39.0 Å². The summed E-state index contributed by atoms with van der Waals surface area (Å²) in [6, 6.07) is 0. The Bertz CT molecular complexity index is 107. The monoisotopic (exact) mass is 124 g/mol. The molecule has 0 saturated carbocycles. The molecule has 0 spiro atoms. The highest BCUT2D eigenvalue weighted by atomic mass is 13.9. The van der Waals surface area contributed by atoms with Crippen molar-refractivity contribution in [1.82, 2.24) is 0 Å². The maximum atomic E-state index is 2.20. The molecule has 0 unspecified atom stereocenters. The van der Waals surface area contributed by atoms with Crippen molar-refractivity contribution in [3.05, 3.63) is 23.8 Å². The van der Waals surface area contributed by atoms with E-state index in [9.17, 15) is 0 Å². The van der Waals surface area contributed by atoms with Crippen LogP contribution in [0.25, 0.3) is 0 Å². The Kier molecular flexibility index (Phi) is 5.29. The average molecular weight is 124 g/mol. The lowest BCUT2D eigenvalue weighted by Crippen LogP contribution is -1.74. The van der Waals surface area contributed by atoms with Gasteiger partial charge < -0.3 is 0 Å². The van der Waals surface area contributed by atoms with E-state index in [4.69, 9.17) is 0 Å². The molecule has 0 aliphatic carbocycles. The van der Waals surface area contributed by atoms with E-state index in [1.165, 1.54) is 18.4 Å². The van der Waals surface area contributed by atoms with Crippen LogP contribution in [0.15, 0.2) is 23.8 Å². The molecular weight excluding hydrogens is 108 g/mol. The SMILES string of the molecule is CC=CC(=CC)CCC. The quantitative estimate of drug-likeness (QED) is 0.506. The smallest absolute Gasteiger partial charge is 0.0285 e. The molecular formula is C9H16. The van der Waals surface area contributed by atoms with Gasteiger partial charge in [-0.25, -0.2) is 0 Å². The standard InChI is InChI=1S/C9H16/c1-4-7-9(6-3)8-5-2/h4,6-7H,5,8H2,1-3H3. The largest absolute Gasteiger partial charge is 0.0874 e. The molecule has 0 aliphatic rings. The molecule has 52 valence electrons. The third kappa shape index (κ3) is 4.01. The summed E-state index contributed by atoms with van der Waals surface area (Å²) in [5, 5.41) is 0. The first kappa shape index (κ1) is 8.48. The van der Waals surface area contributed by atoms with E-state index in [0.29, 0.717) is 0 Å². The molecule has 0 amide bonds. The minimum atomic E-state index is 1.21. The Morgan fingerprint density at radius 2 is 2.00 bits per heavy atom. The van der Waals surface area contributed by atoms with Crippen molar-refractivity contribution < 1.29 is 0 Å². The van der Waals surface area contributed by atoms with Gasteiger partial charge in [-0.1, -0.05) is 37.1 Å². The van der Waals surface area contributed by atoms with Crippen molar-refractivity contribution in [3.63, 3.8) is 0 Å². The first-order chi connectivity index (χ1) is 4.35. The van der Waals surface area contributed by atoms with Gasteiger partial charge in [0, 0.05) is 0 Å². The minimum Gasteiger partial charge on any atom is -0.0874 e. The van der Waals surface area contributed by atoms with Gasteiger partial charge in [-0.15, -0.1) is 0 Å². The highest BCUT2D eigenvalue weighted by Gasteiger charge is 1.84. The van der Waals surface area contributed by atoms with Crippen molar-refractivity contribution in [2.45, 2.75) is 33.6 Å². The van der Waals surface area contributed by atoms with Crippen LogP contribution >= 0.6 is 0 Å². The van der Waals surface area contributed by atoms with E-state index in [1.54, 1.807) is 0 Å². The Balaban J connectivity index is 3.70. The zero-order valence-electron chi connectivity index (χ0n) is 6.65. The first-order valence-electron chi connectivity index (χ1n) is 3.63. The summed E-state index contributed by atoms with van der Waals surface area (Å²) in [4.78, 5) is 0. The van der Waals surface area contributed by atoms with Crippen molar-refractivity contribution in [3.8, 4) is 0 Å². The molecule has 0 aromatic carbocycles. The van der Waals surface area contributed by atoms with Crippen LogP contribution in [0.2, 0.25) is 0 Å². The maximum Gasteiger partial charge on any atom is -0.0285 e. The fourth-order valence-corrected chi connectivity index (χ4v) is 0.827. The molecule has 0 saturated heterocycles. The van der Waals surface area contributed by atoms with Crippen LogP contribution in [0.1, 0.15) is 33.6 Å². The van der Waals surface area contributed by atoms with E-state index in [1.807, 2.05) is 0 Å². The highest BCUT2D eigenvalue weighted by molar-refractivity contribution is 5.16. The van der Waals surface area contributed by atoms with Crippen LogP contribution < -0.4 is 0 Å². The van der Waals surface area contributed by atoms with Crippen LogP contribution in [0.4, 0.5) is 0 Å². The summed E-state index contributed by atoms with van der Waals surface area (Å²) in [6.07, 6.45) is 8.88. The number of hydrogen-bond acceptors (Lipinski definition) is 0. The second-order valence-electron chi connectivity index (χ2n) is 2.11. The molecule has 0 radical (unpaired) electrons. The molecule has 0 aliphatic heterocycles. The van der Waals surface area contributed by atoms with Gasteiger partial charge in [-0.2, -0.15) is 0 Å². The third-order valence-electron chi connectivity index (χ3n) is 1.29. The molecule has 0 heterocycles. The summed E-state index contributed by atoms with van der Waals surface area (Å²) >= 11 is 0. The van der Waals surface area contributed by atoms with Crippen molar-refractivity contribution in [2.75, 3.05) is 0 Å². The molecule has 0 rings (SSSR count). The van der Waals surface area contributed by atoms with Gasteiger partial charge in [0.2, 0.25) is 0 Å². The summed E-state index contributed by atoms with van der Waals surface area (Å²) in [5.41, 5.74) is 1.44. The average Bonchev–Trinajstić information content (AvgIpc) is 1.88. The van der Waals surface area contributed by atoms with Crippen LogP contribution in [0.3, 0.4) is 0 Å². The van der Waals surface area contributed by atoms with Gasteiger partial charge in [0.25, 0.3) is 0 Å². The van der Waals surface area contributed by atoms with E-state index < -0.39 is 0 Å². The molecule has 0 heteroatoms. The van der Waals surface area contributed by atoms with Crippen molar-refractivity contribution in [2.24, 2.45) is 0 Å². The van der Waals surface area contributed by atoms with Crippen LogP contribution in [0.5, 0.6) is 0 Å². The number of rotatable bonds is 3. The fraction of sp³-hybridized carbons (Fsp3) is 0.556. The molecule has 9 heavy (non-hydrogen) atoms. The molecule has 0 nitrogen and oxygen atoms in total. The zero-order chi connectivity index (χ0) is 7.11. The maximum absolute atomic E-state index is 2.20. The van der Waals surface area contributed by atoms with Gasteiger partial charge in [-0.05, 0) is 20.3 Å². The highest BCUT2D eigenvalue weighted by Crippen LogP contribution is 2.04. The lowest BCUT2D eigenvalue weighted by Gasteiger charge is -1.94. The summed E-state index contributed by atoms with van der Waals surface area (Å²) in [7, 11) is 0. The Hall–Kier alpha value is -0.520. The lowest BCUT2D eigenvalue weighted by atomic mass is 10.1. The summed E-state index contributed by atoms with van der Waals surface area (Å²) < 4.78 is 0. The van der Waals surface area contributed by atoms with E-state index in [-0.39, 0.29) is 0 Å². The van der Waals surface area contributed by atoms with Crippen molar-refractivity contribution >= 4 is 0 Å². The van der Waals surface area contributed by atoms with Gasteiger partial charge in [0.05, 0.1) is 0 Å². The van der Waals surface area contributed by atoms with Crippen LogP contribution in [-0.2, 0) is 0 Å². The van der Waals surface area contributed by atoms with Gasteiger partial charge in [0.15, 0.2) is 0 Å². The second-order valence-corrected chi connectivity index (χ2v) is 2.11. The second kappa shape index (κ2) is 5.61. The van der Waals surface area contributed by atoms with Gasteiger partial charge in [-0.3, -0.25) is 0 Å². The van der Waals surface area contributed by atoms with Crippen LogP contribution in [-0.4, -0.2) is 0 Å². The van der Waals surface area contributed by atoms with E-state index >= 15 is 0 Å². The first-order valence-corrected chi connectivity index (χ1v) is 3.63. The Morgan fingerprint density at radius 3 is 2.33 bits per heavy atom. The van der Waals surface area contributed by atoms with Gasteiger partial charge >= 0.3 is 0 Å². The predicted molar refractivity (Wildman–Crippen MR) is 43.5 cm³/mol. The van der Waals surface area contributed by atoms with Crippen molar-refractivity contribution in [1.29, 1.82) is 0 Å². The number of hydrogen-bond donors (Lipinski definition) is 0. The van der Waals surface area contributed by atoms with E-state index in [0.717, 1.165) is 0 Å². The Morgan fingerprint density at radius 1 is 1.33 bits per heavy atom. The molecule has 0 bridgehead atoms. The fourth-order valence-electron chi connectivity index (χ4n) is 0.827. The third-order valence-corrected chi connectivity index (χ3v) is 1.29. The predicted octanol–water partition coefficient (Wildman–Crippen LogP) is 3.31. The molecule has 0 aromatic heterocycles. The molecule has 0 aromatic rings. The normalized spacial score (nSPS) is 13.0. The van der Waals surface area contributed by atoms with Crippen LogP contribution in [0, 0.1) is 0 Å².